The molecule has 0 fully saturated rings. The highest BCUT2D eigenvalue weighted by molar-refractivity contribution is 5.94. The molecule has 94 valence electrons. The van der Waals surface area contributed by atoms with E-state index in [1.54, 1.807) is 18.2 Å². The maximum Gasteiger partial charge on any atom is 0.337 e. The number of aliphatic hydroxyl groups excluding tert-OH is 1. The Morgan fingerprint density at radius 2 is 2.06 bits per heavy atom. The maximum absolute atomic E-state index is 11.1. The molecule has 0 aliphatic rings. The highest BCUT2D eigenvalue weighted by atomic mass is 16.4. The van der Waals surface area contributed by atoms with Crippen molar-refractivity contribution in [2.75, 3.05) is 11.9 Å². The first-order valence-corrected chi connectivity index (χ1v) is 5.67. The first-order chi connectivity index (χ1) is 7.95. The Labute approximate surface area is 101 Å². The summed E-state index contributed by atoms with van der Waals surface area (Å²) in [6, 6.07) is 4.98. The number of aromatic carboxylic acids is 1. The van der Waals surface area contributed by atoms with Gasteiger partial charge in [0.15, 0.2) is 0 Å². The van der Waals surface area contributed by atoms with Crippen LogP contribution in [-0.4, -0.2) is 28.8 Å². The summed E-state index contributed by atoms with van der Waals surface area (Å²) in [4.78, 5) is 11.1. The fraction of sp³-hybridized carbons (Fsp3) is 0.462. The number of nitrogens with one attached hydrogen (secondary N) is 1. The van der Waals surface area contributed by atoms with Crippen molar-refractivity contribution < 1.29 is 15.0 Å². The van der Waals surface area contributed by atoms with Crippen molar-refractivity contribution in [3.63, 3.8) is 0 Å². The summed E-state index contributed by atoms with van der Waals surface area (Å²) in [5.41, 5.74) is 1.78. The third kappa shape index (κ3) is 3.46. The summed E-state index contributed by atoms with van der Waals surface area (Å²) in [6.07, 6.45) is 0. The zero-order valence-electron chi connectivity index (χ0n) is 10.4. The summed E-state index contributed by atoms with van der Waals surface area (Å²) in [6.45, 7) is 5.83. The van der Waals surface area contributed by atoms with Crippen LogP contribution in [0.3, 0.4) is 0 Å². The van der Waals surface area contributed by atoms with Crippen molar-refractivity contribution in [2.24, 2.45) is 5.92 Å². The quantitative estimate of drug-likeness (QED) is 0.733. The van der Waals surface area contributed by atoms with Gasteiger partial charge >= 0.3 is 5.97 Å². The van der Waals surface area contributed by atoms with Gasteiger partial charge in [-0.05, 0) is 30.5 Å². The van der Waals surface area contributed by atoms with Crippen LogP contribution in [0.25, 0.3) is 0 Å². The van der Waals surface area contributed by atoms with Crippen molar-refractivity contribution in [1.29, 1.82) is 0 Å². The van der Waals surface area contributed by atoms with Gasteiger partial charge in [-0.1, -0.05) is 19.9 Å². The lowest BCUT2D eigenvalue weighted by Crippen LogP contribution is -2.30. The molecule has 1 atom stereocenters. The highest BCUT2D eigenvalue weighted by Crippen LogP contribution is 2.20. The van der Waals surface area contributed by atoms with Crippen molar-refractivity contribution in [3.8, 4) is 0 Å². The Hall–Kier alpha value is -1.55. The number of hydrogen-bond donors (Lipinski definition) is 3. The number of aryl methyl sites for hydroxylation is 1. The summed E-state index contributed by atoms with van der Waals surface area (Å²) in [7, 11) is 0. The molecule has 3 N–H and O–H groups in total. The molecule has 0 saturated carbocycles. The normalized spacial score (nSPS) is 12.5. The first-order valence-electron chi connectivity index (χ1n) is 5.67. The van der Waals surface area contributed by atoms with Crippen molar-refractivity contribution >= 4 is 11.7 Å². The molecule has 17 heavy (non-hydrogen) atoms. The van der Waals surface area contributed by atoms with Crippen molar-refractivity contribution in [2.45, 2.75) is 26.8 Å². The van der Waals surface area contributed by atoms with E-state index < -0.39 is 5.97 Å². The van der Waals surface area contributed by atoms with E-state index in [1.807, 2.05) is 20.8 Å². The number of benzene rings is 1. The summed E-state index contributed by atoms with van der Waals surface area (Å²) in [5.74, 6) is -0.741. The second kappa shape index (κ2) is 5.68. The Balaban J connectivity index is 3.03. The number of carbonyl (C=O) groups is 1. The minimum absolute atomic E-state index is 0.0231. The lowest BCUT2D eigenvalue weighted by atomic mass is 10.0. The number of hydrogen-bond acceptors (Lipinski definition) is 3. The van der Waals surface area contributed by atoms with Gasteiger partial charge in [-0.2, -0.15) is 0 Å². The first kappa shape index (κ1) is 13.5. The van der Waals surface area contributed by atoms with Crippen LogP contribution in [0.2, 0.25) is 0 Å². The van der Waals surface area contributed by atoms with E-state index in [0.29, 0.717) is 5.69 Å². The van der Waals surface area contributed by atoms with Crippen LogP contribution in [0.1, 0.15) is 29.8 Å². The molecule has 0 radical (unpaired) electrons. The molecule has 4 heteroatoms. The molecular formula is C13H19NO3. The second-order valence-corrected chi connectivity index (χ2v) is 4.53. The third-order valence-electron chi connectivity index (χ3n) is 2.75. The summed E-state index contributed by atoms with van der Waals surface area (Å²) < 4.78 is 0. The van der Waals surface area contributed by atoms with Gasteiger partial charge in [0.2, 0.25) is 0 Å². The zero-order chi connectivity index (χ0) is 13.0. The van der Waals surface area contributed by atoms with Gasteiger partial charge < -0.3 is 15.5 Å². The molecule has 1 rings (SSSR count). The van der Waals surface area contributed by atoms with Crippen molar-refractivity contribution in [3.05, 3.63) is 29.3 Å². The molecule has 1 unspecified atom stereocenters. The molecular weight excluding hydrogens is 218 g/mol. The summed E-state index contributed by atoms with van der Waals surface area (Å²) >= 11 is 0. The van der Waals surface area contributed by atoms with Gasteiger partial charge in [-0.15, -0.1) is 0 Å². The maximum atomic E-state index is 11.1. The van der Waals surface area contributed by atoms with Crippen LogP contribution < -0.4 is 5.32 Å². The smallest absolute Gasteiger partial charge is 0.337 e. The Bertz CT molecular complexity index is 402. The second-order valence-electron chi connectivity index (χ2n) is 4.53. The van der Waals surface area contributed by atoms with Crippen LogP contribution >= 0.6 is 0 Å². The SMILES string of the molecule is Cc1ccc(C(=O)O)c(NC(CO)C(C)C)c1. The van der Waals surface area contributed by atoms with Gasteiger partial charge in [0.1, 0.15) is 0 Å². The minimum Gasteiger partial charge on any atom is -0.478 e. The monoisotopic (exact) mass is 237 g/mol. The topological polar surface area (TPSA) is 69.6 Å². The van der Waals surface area contributed by atoms with Crippen LogP contribution in [-0.2, 0) is 0 Å². The van der Waals surface area contributed by atoms with E-state index in [0.717, 1.165) is 5.56 Å². The van der Waals surface area contributed by atoms with E-state index >= 15 is 0 Å². The standard InChI is InChI=1S/C13H19NO3/c1-8(2)12(7-15)14-11-6-9(3)4-5-10(11)13(16)17/h4-6,8,12,14-15H,7H2,1-3H3,(H,16,17). The number of rotatable bonds is 5. The van der Waals surface area contributed by atoms with E-state index in [2.05, 4.69) is 5.32 Å². The highest BCUT2D eigenvalue weighted by Gasteiger charge is 2.16. The lowest BCUT2D eigenvalue weighted by molar-refractivity contribution is 0.0697. The predicted molar refractivity (Wildman–Crippen MR) is 67.5 cm³/mol. The average Bonchev–Trinajstić information content (AvgIpc) is 2.25. The van der Waals surface area contributed by atoms with Gasteiger partial charge in [0, 0.05) is 5.69 Å². The predicted octanol–water partition coefficient (Wildman–Crippen LogP) is 2.12. The fourth-order valence-electron chi connectivity index (χ4n) is 1.59. The fourth-order valence-corrected chi connectivity index (χ4v) is 1.59. The van der Waals surface area contributed by atoms with E-state index in [4.69, 9.17) is 5.11 Å². The number of aliphatic hydroxyl groups is 1. The Kier molecular flexibility index (Phi) is 4.52. The van der Waals surface area contributed by atoms with E-state index in [1.165, 1.54) is 0 Å². The third-order valence-corrected chi connectivity index (χ3v) is 2.75. The molecule has 1 aromatic carbocycles. The van der Waals surface area contributed by atoms with Gasteiger partial charge in [-0.3, -0.25) is 0 Å². The molecule has 0 heterocycles. The largest absolute Gasteiger partial charge is 0.478 e. The van der Waals surface area contributed by atoms with E-state index in [-0.39, 0.29) is 24.1 Å². The lowest BCUT2D eigenvalue weighted by Gasteiger charge is -2.22. The van der Waals surface area contributed by atoms with Crippen LogP contribution in [0.5, 0.6) is 0 Å². The molecule has 0 bridgehead atoms. The van der Waals surface area contributed by atoms with Crippen LogP contribution in [0.15, 0.2) is 18.2 Å². The molecule has 0 aliphatic heterocycles. The molecule has 0 aromatic heterocycles. The molecule has 0 spiro atoms. The van der Waals surface area contributed by atoms with Gasteiger partial charge in [0.05, 0.1) is 18.2 Å². The van der Waals surface area contributed by atoms with Crippen LogP contribution in [0.4, 0.5) is 5.69 Å². The minimum atomic E-state index is -0.965. The van der Waals surface area contributed by atoms with Crippen molar-refractivity contribution in [1.82, 2.24) is 0 Å². The molecule has 4 nitrogen and oxygen atoms in total. The number of carboxylic acid groups (broad SMARTS) is 1. The van der Waals surface area contributed by atoms with E-state index in [9.17, 15) is 9.90 Å². The van der Waals surface area contributed by atoms with Crippen LogP contribution in [0, 0.1) is 12.8 Å². The molecule has 0 saturated heterocycles. The average molecular weight is 237 g/mol. The zero-order valence-corrected chi connectivity index (χ0v) is 10.4. The molecule has 0 aliphatic carbocycles. The number of carboxylic acids is 1. The van der Waals surface area contributed by atoms with Gasteiger partial charge in [-0.25, -0.2) is 4.79 Å². The number of anilines is 1. The Morgan fingerprint density at radius 1 is 1.41 bits per heavy atom. The Morgan fingerprint density at radius 3 is 2.53 bits per heavy atom. The molecule has 1 aromatic rings. The molecule has 0 amide bonds. The summed E-state index contributed by atoms with van der Waals surface area (Å²) in [5, 5.41) is 21.4. The van der Waals surface area contributed by atoms with Gasteiger partial charge in [0.25, 0.3) is 0 Å².